The normalized spacial score (nSPS) is 25.5. The summed E-state index contributed by atoms with van der Waals surface area (Å²) in [7, 11) is 0. The molecule has 1 N–H and O–H groups in total. The van der Waals surface area contributed by atoms with Crippen LogP contribution in [-0.4, -0.2) is 46.8 Å². The monoisotopic (exact) mass is 290 g/mol. The van der Waals surface area contributed by atoms with Crippen LogP contribution in [0.15, 0.2) is 18.5 Å². The van der Waals surface area contributed by atoms with Crippen molar-refractivity contribution < 1.29 is 4.74 Å². The van der Waals surface area contributed by atoms with E-state index in [9.17, 15) is 0 Å². The molecule has 3 heterocycles. The molecule has 0 radical (unpaired) electrons. The van der Waals surface area contributed by atoms with Gasteiger partial charge >= 0.3 is 0 Å². The Morgan fingerprint density at radius 3 is 2.52 bits per heavy atom. The molecule has 3 rings (SSSR count). The highest BCUT2D eigenvalue weighted by Gasteiger charge is 2.43. The molecule has 1 aromatic heterocycles. The first-order valence-electron chi connectivity index (χ1n) is 7.89. The average Bonchev–Trinajstić information content (AvgIpc) is 2.81. The predicted molar refractivity (Wildman–Crippen MR) is 83.5 cm³/mol. The molecule has 0 aliphatic carbocycles. The molecule has 2 fully saturated rings. The molecule has 1 atom stereocenters. The summed E-state index contributed by atoms with van der Waals surface area (Å²) in [4.78, 5) is 10.9. The summed E-state index contributed by atoms with van der Waals surface area (Å²) in [6.07, 6.45) is 6.86. The van der Waals surface area contributed by atoms with Gasteiger partial charge in [0.1, 0.15) is 0 Å². The Labute approximate surface area is 127 Å². The maximum atomic E-state index is 6.19. The molecule has 21 heavy (non-hydrogen) atoms. The van der Waals surface area contributed by atoms with Crippen LogP contribution in [0.4, 0.5) is 5.95 Å². The van der Waals surface area contributed by atoms with Crippen molar-refractivity contribution in [2.75, 3.05) is 24.6 Å². The lowest BCUT2D eigenvalue weighted by molar-refractivity contribution is -0.0152. The highest BCUT2D eigenvalue weighted by atomic mass is 16.5. The average molecular weight is 290 g/mol. The van der Waals surface area contributed by atoms with Crippen LogP contribution in [-0.2, 0) is 4.74 Å². The molecule has 1 aromatic rings. The fourth-order valence-corrected chi connectivity index (χ4v) is 3.47. The molecule has 0 saturated carbocycles. The minimum atomic E-state index is 0.0637. The van der Waals surface area contributed by atoms with Crippen molar-refractivity contribution in [3.05, 3.63) is 18.5 Å². The first kappa shape index (κ1) is 14.7. The van der Waals surface area contributed by atoms with Gasteiger partial charge < -0.3 is 15.0 Å². The number of nitrogens with one attached hydrogen (secondary N) is 1. The predicted octanol–water partition coefficient (Wildman–Crippen LogP) is 1.99. The van der Waals surface area contributed by atoms with Crippen molar-refractivity contribution in [2.24, 2.45) is 0 Å². The lowest BCUT2D eigenvalue weighted by Crippen LogP contribution is -2.47. The van der Waals surface area contributed by atoms with Crippen molar-refractivity contribution in [1.29, 1.82) is 0 Å². The van der Waals surface area contributed by atoms with Crippen LogP contribution in [0.3, 0.4) is 0 Å². The van der Waals surface area contributed by atoms with E-state index >= 15 is 0 Å². The highest BCUT2D eigenvalue weighted by molar-refractivity contribution is 5.29. The Morgan fingerprint density at radius 1 is 1.24 bits per heavy atom. The van der Waals surface area contributed by atoms with Crippen molar-refractivity contribution in [1.82, 2.24) is 15.3 Å². The number of hydrogen-bond donors (Lipinski definition) is 1. The van der Waals surface area contributed by atoms with E-state index in [2.05, 4.69) is 41.0 Å². The summed E-state index contributed by atoms with van der Waals surface area (Å²) in [5.74, 6) is 0.842. The zero-order chi connectivity index (χ0) is 14.9. The van der Waals surface area contributed by atoms with Gasteiger partial charge in [-0.3, -0.25) is 0 Å². The van der Waals surface area contributed by atoms with Crippen LogP contribution in [0.5, 0.6) is 0 Å². The maximum absolute atomic E-state index is 6.19. The van der Waals surface area contributed by atoms with Crippen LogP contribution in [0.25, 0.3) is 0 Å². The van der Waals surface area contributed by atoms with Gasteiger partial charge in [0.05, 0.1) is 12.2 Å². The molecular formula is C16H26N4O. The Morgan fingerprint density at radius 2 is 1.90 bits per heavy atom. The highest BCUT2D eigenvalue weighted by Crippen LogP contribution is 2.37. The fourth-order valence-electron chi connectivity index (χ4n) is 3.47. The van der Waals surface area contributed by atoms with Crippen LogP contribution < -0.4 is 10.2 Å². The number of rotatable bonds is 2. The third-order valence-electron chi connectivity index (χ3n) is 4.36. The van der Waals surface area contributed by atoms with Crippen molar-refractivity contribution in [3.8, 4) is 0 Å². The second kappa shape index (κ2) is 5.54. The van der Waals surface area contributed by atoms with E-state index in [0.717, 1.165) is 44.9 Å². The van der Waals surface area contributed by atoms with Gasteiger partial charge in [0.25, 0.3) is 0 Å². The third kappa shape index (κ3) is 3.52. The zero-order valence-electron chi connectivity index (χ0n) is 13.3. The first-order chi connectivity index (χ1) is 9.96. The lowest BCUT2D eigenvalue weighted by Gasteiger charge is -2.38. The second-order valence-corrected chi connectivity index (χ2v) is 7.33. The maximum Gasteiger partial charge on any atom is 0.225 e. The summed E-state index contributed by atoms with van der Waals surface area (Å²) in [6.45, 7) is 9.44. The van der Waals surface area contributed by atoms with E-state index in [4.69, 9.17) is 4.74 Å². The number of nitrogens with zero attached hydrogens (tertiary/aromatic N) is 3. The molecule has 116 valence electrons. The Kier molecular flexibility index (Phi) is 3.88. The smallest absolute Gasteiger partial charge is 0.225 e. The quantitative estimate of drug-likeness (QED) is 0.903. The molecule has 2 saturated heterocycles. The van der Waals surface area contributed by atoms with E-state index in [1.54, 1.807) is 0 Å². The van der Waals surface area contributed by atoms with Crippen molar-refractivity contribution >= 4 is 5.95 Å². The number of anilines is 1. The van der Waals surface area contributed by atoms with Gasteiger partial charge in [-0.15, -0.1) is 0 Å². The molecular weight excluding hydrogens is 264 g/mol. The molecule has 0 bridgehead atoms. The summed E-state index contributed by atoms with van der Waals surface area (Å²) >= 11 is 0. The Hall–Kier alpha value is -1.20. The van der Waals surface area contributed by atoms with Crippen molar-refractivity contribution in [2.45, 2.75) is 57.2 Å². The molecule has 5 nitrogen and oxygen atoms in total. The number of hydrogen-bond acceptors (Lipinski definition) is 5. The van der Waals surface area contributed by atoms with Crippen molar-refractivity contribution in [3.63, 3.8) is 0 Å². The number of piperidine rings is 1. The van der Waals surface area contributed by atoms with Gasteiger partial charge in [0.2, 0.25) is 5.95 Å². The molecule has 0 unspecified atom stereocenters. The van der Waals surface area contributed by atoms with E-state index in [1.165, 1.54) is 0 Å². The third-order valence-corrected chi connectivity index (χ3v) is 4.36. The zero-order valence-corrected chi connectivity index (χ0v) is 13.3. The summed E-state index contributed by atoms with van der Waals surface area (Å²) in [6, 6.07) is 2.34. The van der Waals surface area contributed by atoms with Gasteiger partial charge in [0, 0.05) is 37.1 Å². The van der Waals surface area contributed by atoms with Gasteiger partial charge in [-0.1, -0.05) is 0 Å². The van der Waals surface area contributed by atoms with Gasteiger partial charge in [0.15, 0.2) is 0 Å². The standard InChI is InChI=1S/C16H26N4O/c1-15(2,3)19-13-11-16(21-12-13)5-9-20(10-6-16)14-17-7-4-8-18-14/h4,7-8,13,19H,5-6,9-12H2,1-3H3/t13-/m0/s1. The molecule has 5 heteroatoms. The van der Waals surface area contributed by atoms with Crippen LogP contribution in [0.1, 0.15) is 40.0 Å². The second-order valence-electron chi connectivity index (χ2n) is 7.33. The number of aromatic nitrogens is 2. The SMILES string of the molecule is CC(C)(C)N[C@@H]1COC2(CCN(c3ncccn3)CC2)C1. The lowest BCUT2D eigenvalue weighted by atomic mass is 9.87. The molecule has 1 spiro atoms. The fraction of sp³-hybridized carbons (Fsp3) is 0.750. The molecule has 2 aliphatic rings. The van der Waals surface area contributed by atoms with E-state index in [0.29, 0.717) is 6.04 Å². The van der Waals surface area contributed by atoms with Gasteiger partial charge in [-0.25, -0.2) is 9.97 Å². The Bertz CT molecular complexity index is 463. The molecule has 2 aliphatic heterocycles. The largest absolute Gasteiger partial charge is 0.373 e. The Balaban J connectivity index is 1.56. The van der Waals surface area contributed by atoms with Gasteiger partial charge in [-0.2, -0.15) is 0 Å². The van der Waals surface area contributed by atoms with Crippen LogP contribution in [0.2, 0.25) is 0 Å². The van der Waals surface area contributed by atoms with Crippen LogP contribution in [0, 0.1) is 0 Å². The minimum absolute atomic E-state index is 0.0637. The van der Waals surface area contributed by atoms with E-state index in [-0.39, 0.29) is 11.1 Å². The molecule has 0 amide bonds. The summed E-state index contributed by atoms with van der Waals surface area (Å²) in [5, 5.41) is 3.67. The number of ether oxygens (including phenoxy) is 1. The first-order valence-corrected chi connectivity index (χ1v) is 7.89. The summed E-state index contributed by atoms with van der Waals surface area (Å²) < 4.78 is 6.19. The minimum Gasteiger partial charge on any atom is -0.373 e. The van der Waals surface area contributed by atoms with Crippen LogP contribution >= 0.6 is 0 Å². The van der Waals surface area contributed by atoms with E-state index < -0.39 is 0 Å². The van der Waals surface area contributed by atoms with Gasteiger partial charge in [-0.05, 0) is 46.1 Å². The molecule has 0 aromatic carbocycles. The summed E-state index contributed by atoms with van der Waals surface area (Å²) in [5.41, 5.74) is 0.215. The van der Waals surface area contributed by atoms with E-state index in [1.807, 2.05) is 18.5 Å². The topological polar surface area (TPSA) is 50.3 Å².